The van der Waals surface area contributed by atoms with Crippen LogP contribution in [0.1, 0.15) is 25.8 Å². The maximum Gasteiger partial charge on any atom is 0.0590 e. The van der Waals surface area contributed by atoms with Crippen LogP contribution in [-0.4, -0.2) is 43.3 Å². The van der Waals surface area contributed by atoms with Crippen molar-refractivity contribution in [1.29, 1.82) is 0 Å². The van der Waals surface area contributed by atoms with Gasteiger partial charge in [0.25, 0.3) is 0 Å². The normalized spacial score (nSPS) is 23.9. The van der Waals surface area contributed by atoms with E-state index < -0.39 is 0 Å². The van der Waals surface area contributed by atoms with Gasteiger partial charge in [0.15, 0.2) is 0 Å². The van der Waals surface area contributed by atoms with Crippen LogP contribution in [0.5, 0.6) is 0 Å². The SMILES string of the molecule is CCOCCN[C@@H]1CCN(Cc2ccccc2)[C@H]1C. The summed E-state index contributed by atoms with van der Waals surface area (Å²) in [6, 6.07) is 11.9. The van der Waals surface area contributed by atoms with Gasteiger partial charge >= 0.3 is 0 Å². The summed E-state index contributed by atoms with van der Waals surface area (Å²) in [5, 5.41) is 3.62. The minimum atomic E-state index is 0.599. The Hall–Kier alpha value is -0.900. The lowest BCUT2D eigenvalue weighted by molar-refractivity contribution is 0.144. The molecular weight excluding hydrogens is 236 g/mol. The molecule has 106 valence electrons. The third-order valence-electron chi connectivity index (χ3n) is 3.97. The molecule has 1 aliphatic heterocycles. The molecule has 3 heteroatoms. The first-order valence-corrected chi connectivity index (χ1v) is 7.40. The second-order valence-corrected chi connectivity index (χ2v) is 5.24. The molecule has 0 amide bonds. The van der Waals surface area contributed by atoms with Gasteiger partial charge < -0.3 is 10.1 Å². The molecule has 0 spiro atoms. The zero-order valence-electron chi connectivity index (χ0n) is 12.1. The summed E-state index contributed by atoms with van der Waals surface area (Å²) >= 11 is 0. The van der Waals surface area contributed by atoms with Crippen LogP contribution in [0.15, 0.2) is 30.3 Å². The molecular formula is C16H26N2O. The van der Waals surface area contributed by atoms with Crippen molar-refractivity contribution >= 4 is 0 Å². The number of rotatable bonds is 7. The van der Waals surface area contributed by atoms with Gasteiger partial charge in [-0.3, -0.25) is 4.90 Å². The van der Waals surface area contributed by atoms with Crippen LogP contribution in [0.4, 0.5) is 0 Å². The van der Waals surface area contributed by atoms with Gasteiger partial charge in [-0.1, -0.05) is 30.3 Å². The van der Waals surface area contributed by atoms with Crippen LogP contribution in [0.2, 0.25) is 0 Å². The highest BCUT2D eigenvalue weighted by Gasteiger charge is 2.29. The lowest BCUT2D eigenvalue weighted by Crippen LogP contribution is -2.41. The molecule has 1 aromatic rings. The predicted octanol–water partition coefficient (Wildman–Crippen LogP) is 2.28. The van der Waals surface area contributed by atoms with Gasteiger partial charge in [-0.15, -0.1) is 0 Å². The third-order valence-corrected chi connectivity index (χ3v) is 3.97. The molecule has 1 N–H and O–H groups in total. The predicted molar refractivity (Wildman–Crippen MR) is 79.2 cm³/mol. The summed E-state index contributed by atoms with van der Waals surface area (Å²) in [7, 11) is 0. The van der Waals surface area contributed by atoms with Gasteiger partial charge in [-0.2, -0.15) is 0 Å². The molecule has 1 fully saturated rings. The van der Waals surface area contributed by atoms with Gasteiger partial charge in [0, 0.05) is 38.3 Å². The quantitative estimate of drug-likeness (QED) is 0.763. The Morgan fingerprint density at radius 3 is 2.84 bits per heavy atom. The Morgan fingerprint density at radius 1 is 1.32 bits per heavy atom. The number of hydrogen-bond acceptors (Lipinski definition) is 3. The highest BCUT2D eigenvalue weighted by atomic mass is 16.5. The van der Waals surface area contributed by atoms with Crippen LogP contribution in [0.25, 0.3) is 0 Å². The van der Waals surface area contributed by atoms with Gasteiger partial charge in [0.2, 0.25) is 0 Å². The number of benzene rings is 1. The Balaban J connectivity index is 1.76. The lowest BCUT2D eigenvalue weighted by atomic mass is 10.1. The first-order chi connectivity index (χ1) is 9.31. The minimum absolute atomic E-state index is 0.599. The molecule has 1 saturated heterocycles. The van der Waals surface area contributed by atoms with Crippen molar-refractivity contribution in [2.24, 2.45) is 0 Å². The standard InChI is InChI=1S/C16H26N2O/c1-3-19-12-10-17-16-9-11-18(14(16)2)13-15-7-5-4-6-8-15/h4-8,14,16-17H,3,9-13H2,1-2H3/t14-,16+/m0/s1. The van der Waals surface area contributed by atoms with Crippen molar-refractivity contribution in [3.05, 3.63) is 35.9 Å². The van der Waals surface area contributed by atoms with Crippen molar-refractivity contribution in [2.45, 2.75) is 38.9 Å². The lowest BCUT2D eigenvalue weighted by Gasteiger charge is -2.25. The largest absolute Gasteiger partial charge is 0.380 e. The summed E-state index contributed by atoms with van der Waals surface area (Å²) in [6.45, 7) is 9.20. The van der Waals surface area contributed by atoms with Crippen LogP contribution in [0.3, 0.4) is 0 Å². The Labute approximate surface area is 116 Å². The van der Waals surface area contributed by atoms with Crippen molar-refractivity contribution in [1.82, 2.24) is 10.2 Å². The molecule has 0 saturated carbocycles. The fraction of sp³-hybridized carbons (Fsp3) is 0.625. The van der Waals surface area contributed by atoms with E-state index in [2.05, 4.69) is 47.5 Å². The van der Waals surface area contributed by atoms with Crippen LogP contribution in [0, 0.1) is 0 Å². The van der Waals surface area contributed by atoms with E-state index in [9.17, 15) is 0 Å². The fourth-order valence-corrected chi connectivity index (χ4v) is 2.78. The van der Waals surface area contributed by atoms with Crippen molar-refractivity contribution in [3.8, 4) is 0 Å². The molecule has 1 heterocycles. The van der Waals surface area contributed by atoms with Crippen molar-refractivity contribution < 1.29 is 4.74 Å². The smallest absolute Gasteiger partial charge is 0.0590 e. The molecule has 1 aromatic carbocycles. The molecule has 2 atom stereocenters. The van der Waals surface area contributed by atoms with E-state index >= 15 is 0 Å². The van der Waals surface area contributed by atoms with E-state index in [1.807, 2.05) is 6.92 Å². The van der Waals surface area contributed by atoms with E-state index in [4.69, 9.17) is 4.74 Å². The topological polar surface area (TPSA) is 24.5 Å². The summed E-state index contributed by atoms with van der Waals surface area (Å²) in [6.07, 6.45) is 1.24. The summed E-state index contributed by atoms with van der Waals surface area (Å²) in [4.78, 5) is 2.56. The molecule has 0 radical (unpaired) electrons. The monoisotopic (exact) mass is 262 g/mol. The molecule has 3 nitrogen and oxygen atoms in total. The van der Waals surface area contributed by atoms with Crippen LogP contribution < -0.4 is 5.32 Å². The van der Waals surface area contributed by atoms with Crippen molar-refractivity contribution in [2.75, 3.05) is 26.3 Å². The second-order valence-electron chi connectivity index (χ2n) is 5.24. The first kappa shape index (κ1) is 14.5. The number of nitrogens with one attached hydrogen (secondary N) is 1. The number of hydrogen-bond donors (Lipinski definition) is 1. The second kappa shape index (κ2) is 7.63. The highest BCUT2D eigenvalue weighted by Crippen LogP contribution is 2.20. The molecule has 0 aliphatic carbocycles. The Morgan fingerprint density at radius 2 is 2.11 bits per heavy atom. The highest BCUT2D eigenvalue weighted by molar-refractivity contribution is 5.15. The fourth-order valence-electron chi connectivity index (χ4n) is 2.78. The zero-order chi connectivity index (χ0) is 13.5. The Bertz CT molecular complexity index is 355. The van der Waals surface area contributed by atoms with Crippen molar-refractivity contribution in [3.63, 3.8) is 0 Å². The zero-order valence-corrected chi connectivity index (χ0v) is 12.1. The molecule has 0 bridgehead atoms. The molecule has 0 aromatic heterocycles. The number of likely N-dealkylation sites (tertiary alicyclic amines) is 1. The summed E-state index contributed by atoms with van der Waals surface area (Å²) in [5.74, 6) is 0. The Kier molecular flexibility index (Phi) is 5.83. The van der Waals surface area contributed by atoms with E-state index in [1.54, 1.807) is 0 Å². The molecule has 19 heavy (non-hydrogen) atoms. The maximum atomic E-state index is 5.37. The average molecular weight is 262 g/mol. The average Bonchev–Trinajstić information content (AvgIpc) is 2.78. The summed E-state index contributed by atoms with van der Waals surface area (Å²) < 4.78 is 5.37. The van der Waals surface area contributed by atoms with E-state index in [0.717, 1.165) is 26.3 Å². The first-order valence-electron chi connectivity index (χ1n) is 7.40. The molecule has 2 rings (SSSR count). The van der Waals surface area contributed by atoms with Gasteiger partial charge in [-0.05, 0) is 25.8 Å². The number of nitrogens with zero attached hydrogens (tertiary/aromatic N) is 1. The molecule has 0 unspecified atom stereocenters. The van der Waals surface area contributed by atoms with Crippen LogP contribution >= 0.6 is 0 Å². The third kappa shape index (κ3) is 4.30. The maximum absolute atomic E-state index is 5.37. The van der Waals surface area contributed by atoms with Gasteiger partial charge in [0.1, 0.15) is 0 Å². The van der Waals surface area contributed by atoms with E-state index in [-0.39, 0.29) is 0 Å². The van der Waals surface area contributed by atoms with Gasteiger partial charge in [0.05, 0.1) is 6.61 Å². The minimum Gasteiger partial charge on any atom is -0.380 e. The number of ether oxygens (including phenoxy) is 1. The summed E-state index contributed by atoms with van der Waals surface area (Å²) in [5.41, 5.74) is 1.41. The van der Waals surface area contributed by atoms with E-state index in [0.29, 0.717) is 12.1 Å². The van der Waals surface area contributed by atoms with Gasteiger partial charge in [-0.25, -0.2) is 0 Å². The van der Waals surface area contributed by atoms with E-state index in [1.165, 1.54) is 18.5 Å². The van der Waals surface area contributed by atoms with Crippen LogP contribution in [-0.2, 0) is 11.3 Å². The molecule has 1 aliphatic rings.